The van der Waals surface area contributed by atoms with Crippen LogP contribution in [0.5, 0.6) is 0 Å². The van der Waals surface area contributed by atoms with Gasteiger partial charge in [0.1, 0.15) is 0 Å². The first kappa shape index (κ1) is 17.2. The van der Waals surface area contributed by atoms with Gasteiger partial charge in [0.05, 0.1) is 5.69 Å². The van der Waals surface area contributed by atoms with E-state index in [1.165, 1.54) is 0 Å². The first-order chi connectivity index (χ1) is 11.1. The minimum Gasteiger partial charge on any atom is -0.396 e. The number of halogens is 1. The van der Waals surface area contributed by atoms with Gasteiger partial charge in [0.2, 0.25) is 0 Å². The van der Waals surface area contributed by atoms with Crippen LogP contribution in [0.2, 0.25) is 5.15 Å². The zero-order valence-electron chi connectivity index (χ0n) is 12.9. The van der Waals surface area contributed by atoms with Gasteiger partial charge in [-0.05, 0) is 31.0 Å². The van der Waals surface area contributed by atoms with Gasteiger partial charge in [0, 0.05) is 25.4 Å². The standard InChI is InChI=1S/C17H20ClN3O2/c1-13(9-11-22)21(12-14-6-3-2-4-7-14)17(23)20-15-8-5-10-19-16(15)18/h2-8,10,13,22H,9,11-12H2,1H3,(H,20,23). The Hall–Kier alpha value is -2.11. The van der Waals surface area contributed by atoms with E-state index in [4.69, 9.17) is 11.6 Å². The van der Waals surface area contributed by atoms with Crippen LogP contribution in [-0.2, 0) is 6.54 Å². The second kappa shape index (κ2) is 8.50. The molecule has 1 aromatic heterocycles. The number of aromatic nitrogens is 1. The lowest BCUT2D eigenvalue weighted by molar-refractivity contribution is 0.169. The van der Waals surface area contributed by atoms with Crippen LogP contribution in [0.1, 0.15) is 18.9 Å². The normalized spacial score (nSPS) is 11.8. The quantitative estimate of drug-likeness (QED) is 0.795. The number of benzene rings is 1. The number of hydrogen-bond donors (Lipinski definition) is 2. The van der Waals surface area contributed by atoms with Crippen LogP contribution in [-0.4, -0.2) is 33.7 Å². The summed E-state index contributed by atoms with van der Waals surface area (Å²) in [6.07, 6.45) is 2.06. The highest BCUT2D eigenvalue weighted by Crippen LogP contribution is 2.19. The molecule has 0 aliphatic heterocycles. The molecule has 1 heterocycles. The number of pyridine rings is 1. The summed E-state index contributed by atoms with van der Waals surface area (Å²) < 4.78 is 0. The topological polar surface area (TPSA) is 65.5 Å². The number of aliphatic hydroxyl groups excluding tert-OH is 1. The molecule has 1 atom stereocenters. The van der Waals surface area contributed by atoms with Crippen LogP contribution in [0.15, 0.2) is 48.7 Å². The maximum atomic E-state index is 12.6. The number of carbonyl (C=O) groups is 1. The van der Waals surface area contributed by atoms with Gasteiger partial charge >= 0.3 is 6.03 Å². The molecule has 0 saturated heterocycles. The van der Waals surface area contributed by atoms with Crippen LogP contribution in [0, 0.1) is 0 Å². The molecule has 0 fully saturated rings. The van der Waals surface area contributed by atoms with Crippen molar-refractivity contribution in [3.05, 3.63) is 59.4 Å². The number of carbonyl (C=O) groups excluding carboxylic acids is 1. The largest absolute Gasteiger partial charge is 0.396 e. The summed E-state index contributed by atoms with van der Waals surface area (Å²) in [6, 6.07) is 12.7. The van der Waals surface area contributed by atoms with Crippen molar-refractivity contribution in [2.75, 3.05) is 11.9 Å². The van der Waals surface area contributed by atoms with Crippen molar-refractivity contribution in [1.29, 1.82) is 0 Å². The number of hydrogen-bond acceptors (Lipinski definition) is 3. The molecule has 122 valence electrons. The lowest BCUT2D eigenvalue weighted by Crippen LogP contribution is -2.41. The fraction of sp³-hybridized carbons (Fsp3) is 0.294. The molecule has 2 amide bonds. The zero-order chi connectivity index (χ0) is 16.7. The van der Waals surface area contributed by atoms with E-state index in [1.54, 1.807) is 23.2 Å². The number of nitrogens with zero attached hydrogens (tertiary/aromatic N) is 2. The van der Waals surface area contributed by atoms with Gasteiger partial charge in [-0.25, -0.2) is 9.78 Å². The van der Waals surface area contributed by atoms with Gasteiger partial charge in [0.25, 0.3) is 0 Å². The van der Waals surface area contributed by atoms with Crippen LogP contribution in [0.25, 0.3) is 0 Å². The van der Waals surface area contributed by atoms with Crippen LogP contribution >= 0.6 is 11.6 Å². The molecular weight excluding hydrogens is 314 g/mol. The van der Waals surface area contributed by atoms with Gasteiger partial charge in [-0.2, -0.15) is 0 Å². The van der Waals surface area contributed by atoms with E-state index in [-0.39, 0.29) is 23.8 Å². The highest BCUT2D eigenvalue weighted by atomic mass is 35.5. The van der Waals surface area contributed by atoms with Gasteiger partial charge in [-0.1, -0.05) is 41.9 Å². The van der Waals surface area contributed by atoms with Crippen molar-refractivity contribution in [2.45, 2.75) is 25.9 Å². The molecule has 1 unspecified atom stereocenters. The highest BCUT2D eigenvalue weighted by molar-refractivity contribution is 6.32. The molecule has 5 nitrogen and oxygen atoms in total. The molecule has 2 aromatic rings. The van der Waals surface area contributed by atoms with Crippen molar-refractivity contribution < 1.29 is 9.90 Å². The van der Waals surface area contributed by atoms with Crippen molar-refractivity contribution in [2.24, 2.45) is 0 Å². The summed E-state index contributed by atoms with van der Waals surface area (Å²) >= 11 is 5.99. The van der Waals surface area contributed by atoms with Gasteiger partial charge in [-0.15, -0.1) is 0 Å². The summed E-state index contributed by atoms with van der Waals surface area (Å²) in [5.74, 6) is 0. The molecule has 0 aliphatic rings. The third-order valence-electron chi connectivity index (χ3n) is 3.54. The van der Waals surface area contributed by atoms with Crippen LogP contribution in [0.3, 0.4) is 0 Å². The Balaban J connectivity index is 2.15. The summed E-state index contributed by atoms with van der Waals surface area (Å²) in [4.78, 5) is 18.3. The molecular formula is C17H20ClN3O2. The third-order valence-corrected chi connectivity index (χ3v) is 3.84. The monoisotopic (exact) mass is 333 g/mol. The predicted molar refractivity (Wildman–Crippen MR) is 91.4 cm³/mol. The zero-order valence-corrected chi connectivity index (χ0v) is 13.7. The van der Waals surface area contributed by atoms with Crippen molar-refractivity contribution in [3.63, 3.8) is 0 Å². The maximum Gasteiger partial charge on any atom is 0.322 e. The minimum atomic E-state index is -0.273. The molecule has 0 bridgehead atoms. The van der Waals surface area contributed by atoms with Crippen molar-refractivity contribution in [3.8, 4) is 0 Å². The lowest BCUT2D eigenvalue weighted by Gasteiger charge is -2.29. The maximum absolute atomic E-state index is 12.6. The fourth-order valence-electron chi connectivity index (χ4n) is 2.22. The molecule has 0 radical (unpaired) electrons. The molecule has 0 aliphatic carbocycles. The second-order valence-corrected chi connectivity index (χ2v) is 5.60. The van der Waals surface area contributed by atoms with E-state index in [2.05, 4.69) is 10.3 Å². The second-order valence-electron chi connectivity index (χ2n) is 5.25. The Kier molecular flexibility index (Phi) is 6.38. The number of rotatable bonds is 6. The van der Waals surface area contributed by atoms with Gasteiger partial charge in [0.15, 0.2) is 5.15 Å². The molecule has 6 heteroatoms. The number of amides is 2. The first-order valence-corrected chi connectivity index (χ1v) is 7.82. The average Bonchev–Trinajstić information content (AvgIpc) is 2.56. The number of nitrogens with one attached hydrogen (secondary N) is 1. The summed E-state index contributed by atoms with van der Waals surface area (Å²) in [7, 11) is 0. The van der Waals surface area contributed by atoms with E-state index in [1.807, 2.05) is 37.3 Å². The minimum absolute atomic E-state index is 0.0212. The smallest absolute Gasteiger partial charge is 0.322 e. The van der Waals surface area contributed by atoms with Crippen LogP contribution in [0.4, 0.5) is 10.5 Å². The predicted octanol–water partition coefficient (Wildman–Crippen LogP) is 3.54. The highest BCUT2D eigenvalue weighted by Gasteiger charge is 2.21. The summed E-state index contributed by atoms with van der Waals surface area (Å²) in [5.41, 5.74) is 1.48. The first-order valence-electron chi connectivity index (χ1n) is 7.44. The summed E-state index contributed by atoms with van der Waals surface area (Å²) in [6.45, 7) is 2.38. The van der Waals surface area contributed by atoms with Crippen molar-refractivity contribution in [1.82, 2.24) is 9.88 Å². The van der Waals surface area contributed by atoms with E-state index in [9.17, 15) is 9.90 Å². The van der Waals surface area contributed by atoms with E-state index in [0.717, 1.165) is 5.56 Å². The van der Waals surface area contributed by atoms with Gasteiger partial charge in [-0.3, -0.25) is 0 Å². The van der Waals surface area contributed by atoms with E-state index in [0.29, 0.717) is 18.7 Å². The van der Waals surface area contributed by atoms with Gasteiger partial charge < -0.3 is 15.3 Å². The molecule has 1 aromatic carbocycles. The molecule has 0 spiro atoms. The number of urea groups is 1. The third kappa shape index (κ3) is 4.94. The average molecular weight is 334 g/mol. The molecule has 0 saturated carbocycles. The Labute approximate surface area is 140 Å². The summed E-state index contributed by atoms with van der Waals surface area (Å²) in [5, 5.41) is 12.2. The number of anilines is 1. The van der Waals surface area contributed by atoms with E-state index < -0.39 is 0 Å². The SMILES string of the molecule is CC(CCO)N(Cc1ccccc1)C(=O)Nc1cccnc1Cl. The Morgan fingerprint density at radius 3 is 2.70 bits per heavy atom. The molecule has 2 rings (SSSR count). The fourth-order valence-corrected chi connectivity index (χ4v) is 2.38. The Morgan fingerprint density at radius 1 is 1.30 bits per heavy atom. The van der Waals surface area contributed by atoms with E-state index >= 15 is 0 Å². The lowest BCUT2D eigenvalue weighted by atomic mass is 10.1. The Bertz CT molecular complexity index is 637. The van der Waals surface area contributed by atoms with Crippen LogP contribution < -0.4 is 5.32 Å². The molecule has 2 N–H and O–H groups in total. The molecule has 23 heavy (non-hydrogen) atoms. The Morgan fingerprint density at radius 2 is 2.04 bits per heavy atom. The van der Waals surface area contributed by atoms with Crippen molar-refractivity contribution >= 4 is 23.3 Å². The number of aliphatic hydroxyl groups is 1.